The van der Waals surface area contributed by atoms with Crippen LogP contribution in [-0.2, 0) is 4.74 Å². The monoisotopic (exact) mass is 280 g/mol. The third kappa shape index (κ3) is 3.37. The zero-order valence-corrected chi connectivity index (χ0v) is 10.7. The minimum Gasteiger partial charge on any atom is -0.370 e. The van der Waals surface area contributed by atoms with Crippen molar-refractivity contribution in [1.82, 2.24) is 0 Å². The van der Waals surface area contributed by atoms with E-state index in [-0.39, 0.29) is 11.4 Å². The molecule has 106 valence electrons. The van der Waals surface area contributed by atoms with E-state index in [1.165, 1.54) is 12.1 Å². The highest BCUT2D eigenvalue weighted by atomic mass is 16.6. The molecule has 0 saturated carbocycles. The predicted molar refractivity (Wildman–Crippen MR) is 70.3 cm³/mol. The third-order valence-electron chi connectivity index (χ3n) is 3.06. The number of non-ortho nitro benzene ring substituents is 1. The molecule has 0 bridgehead atoms. The van der Waals surface area contributed by atoms with E-state index in [4.69, 9.17) is 4.74 Å². The summed E-state index contributed by atoms with van der Waals surface area (Å²) in [4.78, 5) is 21.5. The van der Waals surface area contributed by atoms with E-state index in [9.17, 15) is 20.2 Å². The van der Waals surface area contributed by atoms with Crippen LogP contribution in [-0.4, -0.2) is 36.1 Å². The van der Waals surface area contributed by atoms with Gasteiger partial charge < -0.3 is 9.64 Å². The Hall–Kier alpha value is -2.32. The minimum absolute atomic E-state index is 0.261. The number of nitro groups is 2. The van der Waals surface area contributed by atoms with Gasteiger partial charge in [0.1, 0.15) is 13.1 Å². The molecule has 20 heavy (non-hydrogen) atoms. The fourth-order valence-corrected chi connectivity index (χ4v) is 1.95. The molecule has 1 heterocycles. The molecule has 8 heteroatoms. The van der Waals surface area contributed by atoms with E-state index in [0.717, 1.165) is 24.1 Å². The van der Waals surface area contributed by atoms with Crippen LogP contribution >= 0.6 is 0 Å². The number of benzene rings is 1. The van der Waals surface area contributed by atoms with Crippen LogP contribution in [0.5, 0.6) is 0 Å². The van der Waals surface area contributed by atoms with Gasteiger partial charge in [0.25, 0.3) is 11.4 Å². The maximum absolute atomic E-state index is 11.0. The van der Waals surface area contributed by atoms with Crippen molar-refractivity contribution in [2.75, 3.05) is 26.3 Å². The Kier molecular flexibility index (Phi) is 4.38. The Labute approximate surface area is 114 Å². The van der Waals surface area contributed by atoms with Gasteiger partial charge in [-0.25, -0.2) is 0 Å². The van der Waals surface area contributed by atoms with Gasteiger partial charge >= 0.3 is 0 Å². The van der Waals surface area contributed by atoms with Crippen LogP contribution in [0.25, 0.3) is 6.08 Å². The number of ether oxygens (including phenoxy) is 1. The second-order valence-electron chi connectivity index (χ2n) is 4.36. The molecule has 1 aliphatic heterocycles. The Morgan fingerprint density at radius 3 is 2.45 bits per heavy atom. The molecule has 2 rings (SSSR count). The molecule has 1 aliphatic rings. The second kappa shape index (κ2) is 6.22. The first-order valence-electron chi connectivity index (χ1n) is 6.11. The van der Waals surface area contributed by atoms with Crippen LogP contribution in [0.3, 0.4) is 0 Å². The highest BCUT2D eigenvalue weighted by Crippen LogP contribution is 2.25. The minimum atomic E-state index is -0.645. The van der Waals surface area contributed by atoms with Gasteiger partial charge in [-0.2, -0.15) is 0 Å². The van der Waals surface area contributed by atoms with Crippen molar-refractivity contribution in [1.29, 1.82) is 0 Å². The van der Waals surface area contributed by atoms with Crippen LogP contribution in [0.15, 0.2) is 24.4 Å². The van der Waals surface area contributed by atoms with Gasteiger partial charge in [-0.3, -0.25) is 20.2 Å². The fourth-order valence-electron chi connectivity index (χ4n) is 1.95. The molecule has 8 nitrogen and oxygen atoms in total. The zero-order valence-electron chi connectivity index (χ0n) is 10.7. The predicted octanol–water partition coefficient (Wildman–Crippen LogP) is 0.389. The molecule has 1 aromatic carbocycles. The smallest absolute Gasteiger partial charge is 0.283 e. The SMILES string of the molecule is O=[N+]([O-])c1ccc(/C=C/[NH+]2CCOCC2)c([N+](=O)[O-])c1. The Morgan fingerprint density at radius 1 is 1.15 bits per heavy atom. The van der Waals surface area contributed by atoms with E-state index in [1.807, 2.05) is 6.20 Å². The maximum atomic E-state index is 11.0. The molecule has 0 atom stereocenters. The summed E-state index contributed by atoms with van der Waals surface area (Å²) in [6.45, 7) is 2.92. The van der Waals surface area contributed by atoms with Crippen LogP contribution in [0.1, 0.15) is 5.56 Å². The average molecular weight is 280 g/mol. The molecule has 0 radical (unpaired) electrons. The summed E-state index contributed by atoms with van der Waals surface area (Å²) in [6.07, 6.45) is 3.46. The topological polar surface area (TPSA) is 100.0 Å². The van der Waals surface area contributed by atoms with Crippen LogP contribution < -0.4 is 4.90 Å². The van der Waals surface area contributed by atoms with E-state index in [2.05, 4.69) is 0 Å². The van der Waals surface area contributed by atoms with E-state index < -0.39 is 9.85 Å². The van der Waals surface area contributed by atoms with Crippen molar-refractivity contribution in [2.24, 2.45) is 0 Å². The highest BCUT2D eigenvalue weighted by molar-refractivity contribution is 5.63. The molecule has 1 N–H and O–H groups in total. The van der Waals surface area contributed by atoms with Crippen molar-refractivity contribution in [3.05, 3.63) is 50.2 Å². The summed E-state index contributed by atoms with van der Waals surface area (Å²) >= 11 is 0. The number of hydrogen-bond donors (Lipinski definition) is 1. The third-order valence-corrected chi connectivity index (χ3v) is 3.06. The molecule has 0 aromatic heterocycles. The van der Waals surface area contributed by atoms with Gasteiger partial charge in [-0.15, -0.1) is 0 Å². The van der Waals surface area contributed by atoms with Crippen molar-refractivity contribution in [2.45, 2.75) is 0 Å². The molecule has 1 saturated heterocycles. The lowest BCUT2D eigenvalue weighted by molar-refractivity contribution is -0.855. The normalized spacial score (nSPS) is 16.4. The lowest BCUT2D eigenvalue weighted by Gasteiger charge is -2.19. The highest BCUT2D eigenvalue weighted by Gasteiger charge is 2.18. The number of hydrogen-bond acceptors (Lipinski definition) is 5. The summed E-state index contributed by atoms with van der Waals surface area (Å²) in [5.41, 5.74) is -0.185. The molecule has 0 spiro atoms. The summed E-state index contributed by atoms with van der Waals surface area (Å²) < 4.78 is 5.22. The van der Waals surface area contributed by atoms with Crippen LogP contribution in [0, 0.1) is 20.2 Å². The molecule has 0 unspecified atom stereocenters. The number of quaternary nitrogens is 1. The van der Waals surface area contributed by atoms with E-state index in [0.29, 0.717) is 18.8 Å². The van der Waals surface area contributed by atoms with E-state index >= 15 is 0 Å². The second-order valence-corrected chi connectivity index (χ2v) is 4.36. The summed E-state index contributed by atoms with van der Waals surface area (Å²) in [6, 6.07) is 3.64. The largest absolute Gasteiger partial charge is 0.370 e. The molecule has 0 aliphatic carbocycles. The van der Waals surface area contributed by atoms with E-state index in [1.54, 1.807) is 6.08 Å². The first kappa shape index (κ1) is 14.1. The molecule has 0 amide bonds. The van der Waals surface area contributed by atoms with Gasteiger partial charge in [0.05, 0.1) is 40.9 Å². The van der Waals surface area contributed by atoms with Crippen molar-refractivity contribution in [3.8, 4) is 0 Å². The number of nitro benzene ring substituents is 2. The molecule has 1 aromatic rings. The standard InChI is InChI=1S/C12H13N3O5/c16-14(17)11-2-1-10(12(9-11)15(18)19)3-4-13-5-7-20-8-6-13/h1-4,9H,5-8H2/p+1/b4-3+. The van der Waals surface area contributed by atoms with Gasteiger partial charge in [0.2, 0.25) is 0 Å². The van der Waals surface area contributed by atoms with Gasteiger partial charge in [-0.05, 0) is 6.07 Å². The number of nitrogens with one attached hydrogen (secondary N) is 1. The number of rotatable bonds is 4. The zero-order chi connectivity index (χ0) is 14.5. The number of nitrogens with zero attached hydrogens (tertiary/aromatic N) is 2. The summed E-state index contributed by atoms with van der Waals surface area (Å²) in [5.74, 6) is 0. The van der Waals surface area contributed by atoms with Crippen LogP contribution in [0.2, 0.25) is 0 Å². The van der Waals surface area contributed by atoms with Gasteiger partial charge in [-0.1, -0.05) is 0 Å². The molecular weight excluding hydrogens is 266 g/mol. The quantitative estimate of drug-likeness (QED) is 0.635. The van der Waals surface area contributed by atoms with Gasteiger partial charge in [0.15, 0.2) is 0 Å². The van der Waals surface area contributed by atoms with Crippen molar-refractivity contribution >= 4 is 17.5 Å². The fraction of sp³-hybridized carbons (Fsp3) is 0.333. The molecule has 1 fully saturated rings. The van der Waals surface area contributed by atoms with Crippen molar-refractivity contribution < 1.29 is 19.5 Å². The maximum Gasteiger partial charge on any atom is 0.283 e. The molecular formula is C12H14N3O5+. The first-order chi connectivity index (χ1) is 9.58. The Bertz CT molecular complexity index is 552. The summed E-state index contributed by atoms with van der Waals surface area (Å²) in [5, 5.41) is 21.6. The lowest BCUT2D eigenvalue weighted by atomic mass is 10.1. The Morgan fingerprint density at radius 2 is 1.85 bits per heavy atom. The first-order valence-corrected chi connectivity index (χ1v) is 6.11. The Balaban J connectivity index is 2.23. The summed E-state index contributed by atoms with van der Waals surface area (Å²) in [7, 11) is 0. The van der Waals surface area contributed by atoms with Crippen LogP contribution in [0.4, 0.5) is 11.4 Å². The average Bonchev–Trinajstić information content (AvgIpc) is 2.45. The lowest BCUT2D eigenvalue weighted by Crippen LogP contribution is -3.09. The van der Waals surface area contributed by atoms with Gasteiger partial charge in [0, 0.05) is 12.1 Å². The van der Waals surface area contributed by atoms with Crippen molar-refractivity contribution in [3.63, 3.8) is 0 Å². The number of morpholine rings is 1.